The highest BCUT2D eigenvalue weighted by molar-refractivity contribution is 5.52. The van der Waals surface area contributed by atoms with Crippen molar-refractivity contribution in [3.63, 3.8) is 0 Å². The first-order chi connectivity index (χ1) is 8.71. The van der Waals surface area contributed by atoms with Crippen molar-refractivity contribution in [1.29, 1.82) is 0 Å². The molecule has 0 aromatic heterocycles. The van der Waals surface area contributed by atoms with Crippen molar-refractivity contribution in [2.45, 2.75) is 13.0 Å². The Morgan fingerprint density at radius 1 is 1.11 bits per heavy atom. The highest BCUT2D eigenvalue weighted by atomic mass is 16.5. The predicted octanol–water partition coefficient (Wildman–Crippen LogP) is 2.55. The van der Waals surface area contributed by atoms with E-state index in [4.69, 9.17) is 14.2 Å². The summed E-state index contributed by atoms with van der Waals surface area (Å²) in [5.74, 6) is 2.08. The third-order valence-corrected chi connectivity index (χ3v) is 2.73. The van der Waals surface area contributed by atoms with Gasteiger partial charge in [0.15, 0.2) is 11.5 Å². The van der Waals surface area contributed by atoms with Gasteiger partial charge in [0.2, 0.25) is 0 Å². The lowest BCUT2D eigenvalue weighted by Crippen LogP contribution is -2.19. The quantitative estimate of drug-likeness (QED) is 0.756. The summed E-state index contributed by atoms with van der Waals surface area (Å²) in [4.78, 5) is 0. The summed E-state index contributed by atoms with van der Waals surface area (Å²) in [7, 11) is 4.85. The van der Waals surface area contributed by atoms with E-state index in [2.05, 4.69) is 11.9 Å². The van der Waals surface area contributed by atoms with Crippen LogP contribution in [0.4, 0.5) is 0 Å². The minimum absolute atomic E-state index is 0.0183. The fraction of sp³-hybridized carbons (Fsp3) is 0.429. The molecule has 0 aliphatic carbocycles. The number of hydrogen-bond donors (Lipinski definition) is 1. The maximum absolute atomic E-state index is 5.39. The van der Waals surface area contributed by atoms with E-state index in [0.717, 1.165) is 17.9 Å². The molecule has 0 radical (unpaired) electrons. The molecular formula is C14H21NO3. The summed E-state index contributed by atoms with van der Waals surface area (Å²) in [6, 6.07) is 3.75. The van der Waals surface area contributed by atoms with E-state index in [1.165, 1.54) is 0 Å². The average Bonchev–Trinajstić information content (AvgIpc) is 2.43. The largest absolute Gasteiger partial charge is 0.496 e. The summed E-state index contributed by atoms with van der Waals surface area (Å²) in [5.41, 5.74) is 0.979. The molecule has 18 heavy (non-hydrogen) atoms. The average molecular weight is 251 g/mol. The normalized spacial score (nSPS) is 11.8. The smallest absolute Gasteiger partial charge is 0.164 e. The molecule has 1 aromatic carbocycles. The fourth-order valence-corrected chi connectivity index (χ4v) is 1.84. The van der Waals surface area contributed by atoms with E-state index in [0.29, 0.717) is 11.5 Å². The highest BCUT2D eigenvalue weighted by Crippen LogP contribution is 2.37. The number of ether oxygens (including phenoxy) is 3. The first-order valence-corrected chi connectivity index (χ1v) is 5.87. The van der Waals surface area contributed by atoms with Gasteiger partial charge in [-0.3, -0.25) is 0 Å². The molecule has 1 atom stereocenters. The third-order valence-electron chi connectivity index (χ3n) is 2.73. The predicted molar refractivity (Wildman–Crippen MR) is 72.7 cm³/mol. The van der Waals surface area contributed by atoms with Crippen molar-refractivity contribution in [2.24, 2.45) is 0 Å². The summed E-state index contributed by atoms with van der Waals surface area (Å²) in [6.07, 6.45) is 1.84. The van der Waals surface area contributed by atoms with Crippen LogP contribution in [0, 0.1) is 0 Å². The maximum Gasteiger partial charge on any atom is 0.164 e. The van der Waals surface area contributed by atoms with Crippen molar-refractivity contribution >= 4 is 0 Å². The van der Waals surface area contributed by atoms with Gasteiger partial charge in [-0.05, 0) is 12.6 Å². The van der Waals surface area contributed by atoms with Crippen LogP contribution in [-0.4, -0.2) is 27.9 Å². The lowest BCUT2D eigenvalue weighted by atomic mass is 10.0. The van der Waals surface area contributed by atoms with Crippen molar-refractivity contribution in [3.8, 4) is 17.2 Å². The zero-order valence-electron chi connectivity index (χ0n) is 11.4. The first kappa shape index (κ1) is 14.4. The molecule has 0 heterocycles. The minimum Gasteiger partial charge on any atom is -0.496 e. The van der Waals surface area contributed by atoms with Crippen LogP contribution < -0.4 is 19.5 Å². The lowest BCUT2D eigenvalue weighted by molar-refractivity contribution is 0.346. The van der Waals surface area contributed by atoms with Gasteiger partial charge in [0, 0.05) is 11.6 Å². The molecule has 0 aliphatic rings. The van der Waals surface area contributed by atoms with Gasteiger partial charge in [-0.2, -0.15) is 0 Å². The van der Waals surface area contributed by atoms with Gasteiger partial charge in [-0.1, -0.05) is 13.0 Å². The Bertz CT molecular complexity index is 404. The SMILES string of the molecule is C=CC(NCC)c1cc(OC)c(OC)cc1OC. The Labute approximate surface area is 109 Å². The van der Waals surface area contributed by atoms with E-state index >= 15 is 0 Å². The molecule has 4 nitrogen and oxygen atoms in total. The van der Waals surface area contributed by atoms with Crippen LogP contribution in [0.15, 0.2) is 24.8 Å². The van der Waals surface area contributed by atoms with Crippen LogP contribution in [0.3, 0.4) is 0 Å². The van der Waals surface area contributed by atoms with Crippen LogP contribution in [0.1, 0.15) is 18.5 Å². The van der Waals surface area contributed by atoms with Crippen LogP contribution in [-0.2, 0) is 0 Å². The summed E-state index contributed by atoms with van der Waals surface area (Å²) in [6.45, 7) is 6.73. The van der Waals surface area contributed by atoms with Gasteiger partial charge in [-0.25, -0.2) is 0 Å². The Kier molecular flexibility index (Phi) is 5.52. The number of nitrogens with one attached hydrogen (secondary N) is 1. The fourth-order valence-electron chi connectivity index (χ4n) is 1.84. The van der Waals surface area contributed by atoms with Crippen LogP contribution in [0.25, 0.3) is 0 Å². The monoisotopic (exact) mass is 251 g/mol. The number of benzene rings is 1. The summed E-state index contributed by atoms with van der Waals surface area (Å²) in [5, 5.41) is 3.32. The molecule has 1 unspecified atom stereocenters. The second-order valence-electron chi connectivity index (χ2n) is 3.72. The Hall–Kier alpha value is -1.68. The van der Waals surface area contributed by atoms with E-state index in [-0.39, 0.29) is 6.04 Å². The topological polar surface area (TPSA) is 39.7 Å². The van der Waals surface area contributed by atoms with Crippen molar-refractivity contribution in [1.82, 2.24) is 5.32 Å². The molecule has 0 fully saturated rings. The molecule has 100 valence electrons. The Balaban J connectivity index is 3.27. The van der Waals surface area contributed by atoms with Crippen LogP contribution in [0.5, 0.6) is 17.2 Å². The van der Waals surface area contributed by atoms with E-state index in [1.807, 2.05) is 25.1 Å². The van der Waals surface area contributed by atoms with Gasteiger partial charge in [0.05, 0.1) is 27.4 Å². The molecule has 0 spiro atoms. The van der Waals surface area contributed by atoms with E-state index in [1.54, 1.807) is 21.3 Å². The zero-order chi connectivity index (χ0) is 13.5. The highest BCUT2D eigenvalue weighted by Gasteiger charge is 2.17. The molecule has 4 heteroatoms. The number of methoxy groups -OCH3 is 3. The number of hydrogen-bond acceptors (Lipinski definition) is 4. The van der Waals surface area contributed by atoms with E-state index in [9.17, 15) is 0 Å². The van der Waals surface area contributed by atoms with Gasteiger partial charge >= 0.3 is 0 Å². The van der Waals surface area contributed by atoms with Crippen molar-refractivity contribution < 1.29 is 14.2 Å². The second-order valence-corrected chi connectivity index (χ2v) is 3.72. The first-order valence-electron chi connectivity index (χ1n) is 5.87. The maximum atomic E-state index is 5.39. The second kappa shape index (κ2) is 6.91. The molecule has 0 aliphatic heterocycles. The molecule has 0 saturated carbocycles. The standard InChI is InChI=1S/C14H21NO3/c1-6-11(15-7-2)10-8-13(17-4)14(18-5)9-12(10)16-3/h6,8-9,11,15H,1,7H2,2-5H3. The van der Waals surface area contributed by atoms with Gasteiger partial charge < -0.3 is 19.5 Å². The molecule has 1 aromatic rings. The number of rotatable bonds is 7. The van der Waals surface area contributed by atoms with Gasteiger partial charge in [-0.15, -0.1) is 6.58 Å². The van der Waals surface area contributed by atoms with E-state index < -0.39 is 0 Å². The summed E-state index contributed by atoms with van der Waals surface area (Å²) >= 11 is 0. The third kappa shape index (κ3) is 2.96. The zero-order valence-corrected chi connectivity index (χ0v) is 11.4. The Morgan fingerprint density at radius 2 is 1.67 bits per heavy atom. The minimum atomic E-state index is 0.0183. The summed E-state index contributed by atoms with van der Waals surface area (Å²) < 4.78 is 16.0. The van der Waals surface area contributed by atoms with Crippen LogP contribution in [0.2, 0.25) is 0 Å². The van der Waals surface area contributed by atoms with Crippen molar-refractivity contribution in [2.75, 3.05) is 27.9 Å². The van der Waals surface area contributed by atoms with Crippen LogP contribution >= 0.6 is 0 Å². The van der Waals surface area contributed by atoms with Gasteiger partial charge in [0.1, 0.15) is 5.75 Å². The molecule has 1 N–H and O–H groups in total. The van der Waals surface area contributed by atoms with Gasteiger partial charge in [0.25, 0.3) is 0 Å². The molecular weight excluding hydrogens is 230 g/mol. The van der Waals surface area contributed by atoms with Crippen molar-refractivity contribution in [3.05, 3.63) is 30.4 Å². The number of likely N-dealkylation sites (N-methyl/N-ethyl adjacent to an activating group) is 1. The Morgan fingerprint density at radius 3 is 2.11 bits per heavy atom. The molecule has 0 saturated heterocycles. The lowest BCUT2D eigenvalue weighted by Gasteiger charge is -2.19. The molecule has 1 rings (SSSR count). The molecule has 0 amide bonds. The molecule has 0 bridgehead atoms.